The molecule has 0 saturated carbocycles. The summed E-state index contributed by atoms with van der Waals surface area (Å²) in [5, 5.41) is 0. The third-order valence-electron chi connectivity index (χ3n) is 4.56. The van der Waals surface area contributed by atoms with Crippen molar-refractivity contribution in [1.29, 1.82) is 0 Å². The van der Waals surface area contributed by atoms with Crippen LogP contribution < -0.4 is 0 Å². The van der Waals surface area contributed by atoms with Crippen LogP contribution in [-0.4, -0.2) is 21.7 Å². The van der Waals surface area contributed by atoms with E-state index in [2.05, 4.69) is 4.98 Å². The van der Waals surface area contributed by atoms with Gasteiger partial charge in [0.15, 0.2) is 0 Å². The molecule has 122 valence electrons. The third kappa shape index (κ3) is 2.44. The van der Waals surface area contributed by atoms with Crippen molar-refractivity contribution in [3.63, 3.8) is 0 Å². The van der Waals surface area contributed by atoms with Crippen molar-refractivity contribution >= 4 is 11.8 Å². The van der Waals surface area contributed by atoms with E-state index in [1.165, 1.54) is 23.3 Å². The smallest absolute Gasteiger partial charge is 0.233 e. The summed E-state index contributed by atoms with van der Waals surface area (Å²) in [6.45, 7) is 0.107. The van der Waals surface area contributed by atoms with E-state index in [4.69, 9.17) is 4.42 Å². The number of likely N-dealkylation sites (tertiary alicyclic amines) is 1. The van der Waals surface area contributed by atoms with E-state index in [0.717, 1.165) is 0 Å². The number of carbonyl (C=O) groups is 2. The standard InChI is InChI=1S/C18H15FN2O3/c19-12-7-5-11(6-8-12)16-20-13(10-24-16)9-21-17(22)14-3-1-2-4-15(14)18(21)23/h1-2,5-8,10,14-15H,3-4,9H2. The van der Waals surface area contributed by atoms with Crippen LogP contribution in [0.1, 0.15) is 18.5 Å². The number of aromatic nitrogens is 1. The number of fused-ring (bicyclic) bond motifs is 1. The minimum Gasteiger partial charge on any atom is -0.444 e. The van der Waals surface area contributed by atoms with Gasteiger partial charge in [0, 0.05) is 5.56 Å². The first-order chi connectivity index (χ1) is 11.6. The lowest BCUT2D eigenvalue weighted by molar-refractivity contribution is -0.140. The lowest BCUT2D eigenvalue weighted by Crippen LogP contribution is -2.30. The fourth-order valence-electron chi connectivity index (χ4n) is 3.29. The monoisotopic (exact) mass is 326 g/mol. The van der Waals surface area contributed by atoms with Crippen LogP contribution in [0.3, 0.4) is 0 Å². The fraction of sp³-hybridized carbons (Fsp3) is 0.278. The molecule has 2 aromatic rings. The normalized spacial score (nSPS) is 23.0. The van der Waals surface area contributed by atoms with Gasteiger partial charge in [-0.1, -0.05) is 12.2 Å². The molecule has 24 heavy (non-hydrogen) atoms. The number of oxazole rings is 1. The molecule has 4 rings (SSSR count). The van der Waals surface area contributed by atoms with Crippen molar-refractivity contribution < 1.29 is 18.4 Å². The van der Waals surface area contributed by atoms with Crippen molar-refractivity contribution in [1.82, 2.24) is 9.88 Å². The van der Waals surface area contributed by atoms with Gasteiger partial charge in [0.2, 0.25) is 17.7 Å². The van der Waals surface area contributed by atoms with Gasteiger partial charge in [0.25, 0.3) is 0 Å². The highest BCUT2D eigenvalue weighted by atomic mass is 19.1. The molecule has 0 N–H and O–H groups in total. The predicted molar refractivity (Wildman–Crippen MR) is 82.8 cm³/mol. The molecule has 2 atom stereocenters. The van der Waals surface area contributed by atoms with E-state index < -0.39 is 0 Å². The minimum atomic E-state index is -0.338. The number of nitrogens with zero attached hydrogens (tertiary/aromatic N) is 2. The van der Waals surface area contributed by atoms with Gasteiger partial charge in [-0.3, -0.25) is 14.5 Å². The maximum atomic E-state index is 13.0. The summed E-state index contributed by atoms with van der Waals surface area (Å²) >= 11 is 0. The first-order valence-electron chi connectivity index (χ1n) is 7.84. The molecule has 2 heterocycles. The SMILES string of the molecule is O=C1C2CC=CCC2C(=O)N1Cc1coc(-c2ccc(F)cc2)n1. The molecule has 1 aliphatic carbocycles. The lowest BCUT2D eigenvalue weighted by Gasteiger charge is -2.14. The molecule has 1 fully saturated rings. The summed E-state index contributed by atoms with van der Waals surface area (Å²) in [6, 6.07) is 5.78. The van der Waals surface area contributed by atoms with Gasteiger partial charge in [-0.15, -0.1) is 0 Å². The van der Waals surface area contributed by atoms with Gasteiger partial charge in [0.1, 0.15) is 12.1 Å². The summed E-state index contributed by atoms with van der Waals surface area (Å²) in [4.78, 5) is 30.5. The Morgan fingerprint density at radius 2 is 1.71 bits per heavy atom. The van der Waals surface area contributed by atoms with Crippen LogP contribution in [0.2, 0.25) is 0 Å². The zero-order valence-corrected chi connectivity index (χ0v) is 12.8. The molecule has 5 nitrogen and oxygen atoms in total. The largest absolute Gasteiger partial charge is 0.444 e. The van der Waals surface area contributed by atoms with Gasteiger partial charge in [0.05, 0.1) is 24.1 Å². The lowest BCUT2D eigenvalue weighted by atomic mass is 9.85. The van der Waals surface area contributed by atoms with Crippen LogP contribution >= 0.6 is 0 Å². The maximum absolute atomic E-state index is 13.0. The number of amides is 2. The first kappa shape index (κ1) is 14.8. The molecule has 2 unspecified atom stereocenters. The molecule has 0 bridgehead atoms. The highest BCUT2D eigenvalue weighted by molar-refractivity contribution is 6.05. The average Bonchev–Trinajstić information content (AvgIpc) is 3.16. The Morgan fingerprint density at radius 3 is 2.33 bits per heavy atom. The summed E-state index contributed by atoms with van der Waals surface area (Å²) in [5.41, 5.74) is 1.14. The summed E-state index contributed by atoms with van der Waals surface area (Å²) < 4.78 is 18.4. The highest BCUT2D eigenvalue weighted by Gasteiger charge is 2.47. The summed E-state index contributed by atoms with van der Waals surface area (Å²) in [6.07, 6.45) is 6.58. The number of hydrogen-bond donors (Lipinski definition) is 0. The Labute approximate surface area is 137 Å². The topological polar surface area (TPSA) is 63.4 Å². The van der Waals surface area contributed by atoms with E-state index in [9.17, 15) is 14.0 Å². The van der Waals surface area contributed by atoms with Crippen molar-refractivity contribution in [3.8, 4) is 11.5 Å². The number of allylic oxidation sites excluding steroid dienone is 2. The number of rotatable bonds is 3. The molecule has 0 radical (unpaired) electrons. The molecule has 1 aromatic carbocycles. The van der Waals surface area contributed by atoms with Crippen LogP contribution in [0, 0.1) is 17.7 Å². The van der Waals surface area contributed by atoms with E-state index in [-0.39, 0.29) is 36.0 Å². The van der Waals surface area contributed by atoms with Crippen LogP contribution in [0.15, 0.2) is 47.1 Å². The van der Waals surface area contributed by atoms with Gasteiger partial charge in [-0.2, -0.15) is 0 Å². The number of imide groups is 1. The zero-order chi connectivity index (χ0) is 16.7. The second kappa shape index (κ2) is 5.70. The minimum absolute atomic E-state index is 0.107. The van der Waals surface area contributed by atoms with Crippen LogP contribution in [-0.2, 0) is 16.1 Å². The van der Waals surface area contributed by atoms with Crippen molar-refractivity contribution in [3.05, 3.63) is 54.2 Å². The van der Waals surface area contributed by atoms with E-state index in [1.54, 1.807) is 12.1 Å². The first-order valence-corrected chi connectivity index (χ1v) is 7.84. The second-order valence-corrected chi connectivity index (χ2v) is 6.07. The van der Waals surface area contributed by atoms with Crippen molar-refractivity contribution in [2.24, 2.45) is 11.8 Å². The third-order valence-corrected chi connectivity index (χ3v) is 4.56. The molecular formula is C18H15FN2O3. The summed E-state index contributed by atoms with van der Waals surface area (Å²) in [7, 11) is 0. The highest BCUT2D eigenvalue weighted by Crippen LogP contribution is 2.35. The number of halogens is 1. The Bertz CT molecular complexity index is 799. The Hall–Kier alpha value is -2.76. The Balaban J connectivity index is 1.53. The van der Waals surface area contributed by atoms with Gasteiger partial charge >= 0.3 is 0 Å². The van der Waals surface area contributed by atoms with E-state index in [1.807, 2.05) is 12.2 Å². The summed E-state index contributed by atoms with van der Waals surface area (Å²) in [5.74, 6) is -0.767. The Morgan fingerprint density at radius 1 is 1.08 bits per heavy atom. The molecule has 6 heteroatoms. The molecule has 2 amide bonds. The number of benzene rings is 1. The average molecular weight is 326 g/mol. The number of carbonyl (C=O) groups excluding carboxylic acids is 2. The van der Waals surface area contributed by atoms with Crippen LogP contribution in [0.5, 0.6) is 0 Å². The quantitative estimate of drug-likeness (QED) is 0.643. The van der Waals surface area contributed by atoms with Crippen molar-refractivity contribution in [2.45, 2.75) is 19.4 Å². The maximum Gasteiger partial charge on any atom is 0.233 e. The van der Waals surface area contributed by atoms with Crippen molar-refractivity contribution in [2.75, 3.05) is 0 Å². The Kier molecular flexibility index (Phi) is 3.52. The predicted octanol–water partition coefficient (Wildman–Crippen LogP) is 2.93. The fourth-order valence-corrected chi connectivity index (χ4v) is 3.29. The molecule has 1 saturated heterocycles. The van der Waals surface area contributed by atoms with Crippen LogP contribution in [0.4, 0.5) is 4.39 Å². The van der Waals surface area contributed by atoms with Gasteiger partial charge in [-0.05, 0) is 37.1 Å². The molecular weight excluding hydrogens is 311 g/mol. The molecule has 1 aromatic heterocycles. The van der Waals surface area contributed by atoms with E-state index in [0.29, 0.717) is 30.0 Å². The van der Waals surface area contributed by atoms with Gasteiger partial charge < -0.3 is 4.42 Å². The zero-order valence-electron chi connectivity index (χ0n) is 12.8. The second-order valence-electron chi connectivity index (χ2n) is 6.07. The molecule has 1 aliphatic heterocycles. The molecule has 0 spiro atoms. The van der Waals surface area contributed by atoms with Crippen LogP contribution in [0.25, 0.3) is 11.5 Å². The van der Waals surface area contributed by atoms with E-state index >= 15 is 0 Å². The molecule has 2 aliphatic rings. The van der Waals surface area contributed by atoms with Gasteiger partial charge in [-0.25, -0.2) is 9.37 Å². The number of hydrogen-bond acceptors (Lipinski definition) is 4.